The molecule has 1 aliphatic carbocycles. The Balaban J connectivity index is 1.76. The van der Waals surface area contributed by atoms with E-state index in [1.807, 2.05) is 78.6 Å². The topological polar surface area (TPSA) is 64.2 Å². The quantitative estimate of drug-likeness (QED) is 0.549. The maximum atomic E-state index is 13.4. The van der Waals surface area contributed by atoms with E-state index in [-0.39, 0.29) is 16.8 Å². The molecular formula is C27H32N2O3. The highest BCUT2D eigenvalue weighted by molar-refractivity contribution is 5.96. The van der Waals surface area contributed by atoms with Gasteiger partial charge in [-0.05, 0) is 56.4 Å². The molecule has 0 bridgehead atoms. The minimum atomic E-state index is -0.960. The number of aromatic nitrogens is 2. The number of carbonyl (C=O) groups is 1. The summed E-state index contributed by atoms with van der Waals surface area (Å²) in [5.41, 5.74) is 3.39. The van der Waals surface area contributed by atoms with Crippen LogP contribution in [0.1, 0.15) is 80.4 Å². The van der Waals surface area contributed by atoms with E-state index >= 15 is 0 Å². The van der Waals surface area contributed by atoms with Crippen LogP contribution in [0.4, 0.5) is 0 Å². The summed E-state index contributed by atoms with van der Waals surface area (Å²) in [6, 6.07) is 15.1. The molecule has 5 heteroatoms. The van der Waals surface area contributed by atoms with Crippen LogP contribution in [0.15, 0.2) is 59.5 Å². The van der Waals surface area contributed by atoms with Crippen molar-refractivity contribution in [3.8, 4) is 11.1 Å². The third kappa shape index (κ3) is 4.43. The zero-order valence-corrected chi connectivity index (χ0v) is 19.2. The molecule has 0 spiro atoms. The molecule has 1 aromatic heterocycles. The second kappa shape index (κ2) is 8.81. The number of carboxylic acids is 1. The van der Waals surface area contributed by atoms with Gasteiger partial charge in [-0.1, -0.05) is 61.7 Å². The van der Waals surface area contributed by atoms with E-state index in [4.69, 9.17) is 0 Å². The first-order valence-electron chi connectivity index (χ1n) is 11.5. The van der Waals surface area contributed by atoms with Gasteiger partial charge >= 0.3 is 11.7 Å². The van der Waals surface area contributed by atoms with Crippen molar-refractivity contribution in [2.75, 3.05) is 0 Å². The van der Waals surface area contributed by atoms with E-state index in [1.54, 1.807) is 6.07 Å². The molecule has 168 valence electrons. The molecule has 1 aliphatic rings. The molecule has 1 N–H and O–H groups in total. The van der Waals surface area contributed by atoms with Gasteiger partial charge in [-0.25, -0.2) is 9.59 Å². The van der Waals surface area contributed by atoms with Crippen LogP contribution in [0.5, 0.6) is 0 Å². The van der Waals surface area contributed by atoms with Gasteiger partial charge < -0.3 is 5.11 Å². The fourth-order valence-electron chi connectivity index (χ4n) is 4.78. The second-order valence-electron chi connectivity index (χ2n) is 9.85. The molecule has 1 heterocycles. The Kier molecular flexibility index (Phi) is 6.09. The molecule has 2 aromatic carbocycles. The summed E-state index contributed by atoms with van der Waals surface area (Å²) in [7, 11) is 0. The van der Waals surface area contributed by atoms with Gasteiger partial charge in [0.15, 0.2) is 0 Å². The number of imidazole rings is 1. The summed E-state index contributed by atoms with van der Waals surface area (Å²) in [6.07, 6.45) is 7.86. The monoisotopic (exact) mass is 432 g/mol. The Morgan fingerprint density at radius 2 is 1.72 bits per heavy atom. The predicted molar refractivity (Wildman–Crippen MR) is 127 cm³/mol. The normalized spacial score (nSPS) is 15.1. The molecule has 1 fully saturated rings. The van der Waals surface area contributed by atoms with Gasteiger partial charge in [-0.2, -0.15) is 0 Å². The number of hydrogen-bond donors (Lipinski definition) is 1. The van der Waals surface area contributed by atoms with Crippen molar-refractivity contribution in [1.29, 1.82) is 0 Å². The lowest BCUT2D eigenvalue weighted by Crippen LogP contribution is -2.35. The maximum absolute atomic E-state index is 13.4. The van der Waals surface area contributed by atoms with Crippen molar-refractivity contribution >= 4 is 5.97 Å². The van der Waals surface area contributed by atoms with Crippen LogP contribution in [0.25, 0.3) is 11.1 Å². The van der Waals surface area contributed by atoms with Crippen LogP contribution in [0, 0.1) is 0 Å². The summed E-state index contributed by atoms with van der Waals surface area (Å²) in [5, 5.41) is 9.87. The molecule has 0 unspecified atom stereocenters. The molecule has 5 nitrogen and oxygen atoms in total. The molecule has 3 aromatic rings. The van der Waals surface area contributed by atoms with Crippen molar-refractivity contribution < 1.29 is 9.90 Å². The largest absolute Gasteiger partial charge is 0.478 e. The Morgan fingerprint density at radius 1 is 1.03 bits per heavy atom. The van der Waals surface area contributed by atoms with Crippen LogP contribution in [-0.4, -0.2) is 20.2 Å². The molecule has 0 aliphatic heterocycles. The highest BCUT2D eigenvalue weighted by atomic mass is 16.4. The van der Waals surface area contributed by atoms with Crippen molar-refractivity contribution in [3.63, 3.8) is 0 Å². The average Bonchev–Trinajstić information content (AvgIpc) is 3.11. The Hall–Kier alpha value is -3.08. The summed E-state index contributed by atoms with van der Waals surface area (Å²) < 4.78 is 3.69. The van der Waals surface area contributed by atoms with E-state index in [1.165, 1.54) is 19.3 Å². The number of rotatable bonds is 5. The molecule has 0 radical (unpaired) electrons. The van der Waals surface area contributed by atoms with Gasteiger partial charge in [-0.15, -0.1) is 0 Å². The summed E-state index contributed by atoms with van der Waals surface area (Å²) in [6.45, 7) is 6.50. The number of benzene rings is 2. The summed E-state index contributed by atoms with van der Waals surface area (Å²) in [5.74, 6) is -0.583. The molecular weight excluding hydrogens is 400 g/mol. The van der Waals surface area contributed by atoms with E-state index in [9.17, 15) is 14.7 Å². The van der Waals surface area contributed by atoms with Crippen LogP contribution < -0.4 is 5.69 Å². The summed E-state index contributed by atoms with van der Waals surface area (Å²) in [4.78, 5) is 25.4. The average molecular weight is 433 g/mol. The minimum Gasteiger partial charge on any atom is -0.478 e. The van der Waals surface area contributed by atoms with E-state index in [0.717, 1.165) is 29.7 Å². The van der Waals surface area contributed by atoms with Crippen molar-refractivity contribution in [1.82, 2.24) is 9.13 Å². The second-order valence-corrected chi connectivity index (χ2v) is 9.85. The minimum absolute atomic E-state index is 0.0258. The molecule has 0 amide bonds. The van der Waals surface area contributed by atoms with Crippen LogP contribution >= 0.6 is 0 Å². The zero-order valence-electron chi connectivity index (χ0n) is 19.2. The fraction of sp³-hybridized carbons (Fsp3) is 0.407. The molecule has 32 heavy (non-hydrogen) atoms. The van der Waals surface area contributed by atoms with Crippen LogP contribution in [-0.2, 0) is 12.1 Å². The SMILES string of the molecule is CC(C)(C)n1cc(C2CCCCC2)n(Cc2ccc(-c3ccccc3)c(C(=O)O)c2)c1=O. The predicted octanol–water partition coefficient (Wildman–Crippen LogP) is 5.87. The molecule has 4 rings (SSSR count). The Labute approximate surface area is 189 Å². The maximum Gasteiger partial charge on any atom is 0.336 e. The van der Waals surface area contributed by atoms with Gasteiger partial charge in [0.1, 0.15) is 0 Å². The Morgan fingerprint density at radius 3 is 2.34 bits per heavy atom. The number of hydrogen-bond acceptors (Lipinski definition) is 2. The van der Waals surface area contributed by atoms with Gasteiger partial charge in [0, 0.05) is 23.3 Å². The molecule has 1 saturated carbocycles. The van der Waals surface area contributed by atoms with E-state index < -0.39 is 5.97 Å². The third-order valence-corrected chi connectivity index (χ3v) is 6.50. The first-order valence-corrected chi connectivity index (χ1v) is 11.5. The van der Waals surface area contributed by atoms with Crippen molar-refractivity contribution in [2.45, 2.75) is 70.9 Å². The Bertz CT molecular complexity index is 1160. The first kappa shape index (κ1) is 22.1. The van der Waals surface area contributed by atoms with E-state index in [0.29, 0.717) is 18.0 Å². The lowest BCUT2D eigenvalue weighted by atomic mass is 9.87. The van der Waals surface area contributed by atoms with Gasteiger partial charge in [-0.3, -0.25) is 9.13 Å². The van der Waals surface area contributed by atoms with Crippen LogP contribution in [0.2, 0.25) is 0 Å². The molecule has 0 atom stereocenters. The lowest BCUT2D eigenvalue weighted by molar-refractivity contribution is 0.0697. The highest BCUT2D eigenvalue weighted by Gasteiger charge is 2.26. The van der Waals surface area contributed by atoms with E-state index in [2.05, 4.69) is 0 Å². The fourth-order valence-corrected chi connectivity index (χ4v) is 4.78. The number of carboxylic acid groups (broad SMARTS) is 1. The lowest BCUT2D eigenvalue weighted by Gasteiger charge is -2.23. The standard InChI is InChI=1S/C27H32N2O3/c1-27(2,3)29-18-24(21-12-8-5-9-13-21)28(26(29)32)17-19-14-15-22(23(16-19)25(30)31)20-10-6-4-7-11-20/h4,6-7,10-11,14-16,18,21H,5,8-9,12-13,17H2,1-3H3,(H,30,31). The van der Waals surface area contributed by atoms with Crippen LogP contribution in [0.3, 0.4) is 0 Å². The number of aromatic carboxylic acids is 1. The third-order valence-electron chi connectivity index (χ3n) is 6.50. The van der Waals surface area contributed by atoms with Crippen molar-refractivity contribution in [3.05, 3.63) is 82.0 Å². The highest BCUT2D eigenvalue weighted by Crippen LogP contribution is 2.33. The van der Waals surface area contributed by atoms with Gasteiger partial charge in [0.05, 0.1) is 12.1 Å². The smallest absolute Gasteiger partial charge is 0.336 e. The number of nitrogens with zero attached hydrogens (tertiary/aromatic N) is 2. The van der Waals surface area contributed by atoms with Crippen molar-refractivity contribution in [2.24, 2.45) is 0 Å². The first-order chi connectivity index (χ1) is 15.3. The molecule has 0 saturated heterocycles. The zero-order chi connectivity index (χ0) is 22.9. The van der Waals surface area contributed by atoms with Gasteiger partial charge in [0.25, 0.3) is 0 Å². The van der Waals surface area contributed by atoms with Gasteiger partial charge in [0.2, 0.25) is 0 Å². The summed E-state index contributed by atoms with van der Waals surface area (Å²) >= 11 is 0.